The first-order chi connectivity index (χ1) is 6.13. The van der Waals surface area contributed by atoms with Crippen LogP contribution >= 0.6 is 0 Å². The molecule has 0 aromatic carbocycles. The maximum atomic E-state index is 11.2. The molecule has 0 saturated heterocycles. The summed E-state index contributed by atoms with van der Waals surface area (Å²) in [5, 5.41) is 6.09. The van der Waals surface area contributed by atoms with Crippen LogP contribution < -0.4 is 5.56 Å². The van der Waals surface area contributed by atoms with Crippen molar-refractivity contribution in [2.75, 3.05) is 0 Å². The molecular formula is C9H11N3O. The molecule has 1 N–H and O–H groups in total. The molecule has 0 unspecified atom stereocenters. The van der Waals surface area contributed by atoms with Gasteiger partial charge in [0.2, 0.25) is 0 Å². The zero-order chi connectivity index (χ0) is 9.84. The summed E-state index contributed by atoms with van der Waals surface area (Å²) in [4.78, 5) is 15.2. The molecule has 0 fully saturated rings. The van der Waals surface area contributed by atoms with Crippen molar-refractivity contribution in [3.05, 3.63) is 34.8 Å². The van der Waals surface area contributed by atoms with Crippen molar-refractivity contribution in [3.63, 3.8) is 0 Å². The van der Waals surface area contributed by atoms with Gasteiger partial charge in [0.05, 0.1) is 5.69 Å². The molecule has 1 aromatic heterocycles. The summed E-state index contributed by atoms with van der Waals surface area (Å²) in [6, 6.07) is 1.63. The van der Waals surface area contributed by atoms with E-state index in [0.29, 0.717) is 11.4 Å². The minimum absolute atomic E-state index is 0.285. The predicted molar refractivity (Wildman–Crippen MR) is 52.6 cm³/mol. The Morgan fingerprint density at radius 3 is 3.08 bits per heavy atom. The van der Waals surface area contributed by atoms with Crippen LogP contribution in [0.2, 0.25) is 0 Å². The van der Waals surface area contributed by atoms with Crippen molar-refractivity contribution in [2.45, 2.75) is 13.8 Å². The molecule has 0 spiro atoms. The maximum absolute atomic E-state index is 11.2. The second-order valence-corrected chi connectivity index (χ2v) is 2.68. The molecule has 0 aliphatic rings. The van der Waals surface area contributed by atoms with E-state index in [0.717, 1.165) is 5.69 Å². The fourth-order valence-electron chi connectivity index (χ4n) is 0.811. The number of H-pyrrole nitrogens is 1. The minimum atomic E-state index is -0.285. The van der Waals surface area contributed by atoms with Gasteiger partial charge in [-0.1, -0.05) is 6.58 Å². The number of nitrogens with zero attached hydrogens (tertiary/aromatic N) is 2. The van der Waals surface area contributed by atoms with E-state index >= 15 is 0 Å². The number of aliphatic imine (C=N–C) groups is 1. The molecule has 4 heteroatoms. The van der Waals surface area contributed by atoms with Gasteiger partial charge in [0.15, 0.2) is 0 Å². The molecular weight excluding hydrogens is 166 g/mol. The van der Waals surface area contributed by atoms with E-state index in [9.17, 15) is 4.79 Å². The third kappa shape index (κ3) is 2.37. The molecule has 0 aliphatic carbocycles. The number of aromatic nitrogens is 2. The highest BCUT2D eigenvalue weighted by Crippen LogP contribution is 2.04. The van der Waals surface area contributed by atoms with E-state index < -0.39 is 0 Å². The lowest BCUT2D eigenvalue weighted by Crippen LogP contribution is -2.08. The first kappa shape index (κ1) is 9.38. The molecule has 1 heterocycles. The fraction of sp³-hybridized carbons (Fsp3) is 0.222. The second kappa shape index (κ2) is 3.80. The van der Waals surface area contributed by atoms with Gasteiger partial charge in [-0.15, -0.1) is 0 Å². The largest absolute Gasteiger partial charge is 0.290 e. The van der Waals surface area contributed by atoms with Crippen LogP contribution in [0.1, 0.15) is 12.6 Å². The van der Waals surface area contributed by atoms with E-state index in [-0.39, 0.29) is 5.56 Å². The van der Waals surface area contributed by atoms with Crippen molar-refractivity contribution >= 4 is 11.4 Å². The number of hydrogen-bond acceptors (Lipinski definition) is 3. The molecule has 68 valence electrons. The molecule has 13 heavy (non-hydrogen) atoms. The highest BCUT2D eigenvalue weighted by Gasteiger charge is 1.97. The van der Waals surface area contributed by atoms with Gasteiger partial charge in [0, 0.05) is 5.71 Å². The molecule has 0 amide bonds. The average Bonchev–Trinajstić information content (AvgIpc) is 2.11. The predicted octanol–water partition coefficient (Wildman–Crippen LogP) is 1.36. The average molecular weight is 177 g/mol. The van der Waals surface area contributed by atoms with Gasteiger partial charge in [-0.25, -0.2) is 10.1 Å². The summed E-state index contributed by atoms with van der Waals surface area (Å²) < 4.78 is 0. The zero-order valence-corrected chi connectivity index (χ0v) is 7.66. The van der Waals surface area contributed by atoms with Gasteiger partial charge < -0.3 is 0 Å². The summed E-state index contributed by atoms with van der Waals surface area (Å²) >= 11 is 0. The molecule has 4 nitrogen and oxygen atoms in total. The molecule has 1 aromatic rings. The first-order valence-corrected chi connectivity index (χ1v) is 3.87. The number of nitrogens with one attached hydrogen (secondary N) is 1. The summed E-state index contributed by atoms with van der Waals surface area (Å²) in [6.07, 6.45) is 1.59. The van der Waals surface area contributed by atoms with Crippen LogP contribution in [0.4, 0.5) is 5.69 Å². The van der Waals surface area contributed by atoms with E-state index in [4.69, 9.17) is 0 Å². The van der Waals surface area contributed by atoms with Gasteiger partial charge in [-0.2, -0.15) is 5.10 Å². The molecule has 0 saturated carbocycles. The van der Waals surface area contributed by atoms with E-state index in [2.05, 4.69) is 21.8 Å². The van der Waals surface area contributed by atoms with Crippen LogP contribution in [0.15, 0.2) is 28.5 Å². The van der Waals surface area contributed by atoms with Crippen molar-refractivity contribution in [3.8, 4) is 0 Å². The van der Waals surface area contributed by atoms with E-state index in [1.807, 2.05) is 0 Å². The third-order valence-corrected chi connectivity index (χ3v) is 1.50. The third-order valence-electron chi connectivity index (χ3n) is 1.50. The standard InChI is InChI=1S/C9H11N3O/c1-4-6(2)10-8-5-7(3)11-12-9(8)13/h4-5H,1H2,2-3H3,(H,12,13). The number of aryl methyl sites for hydroxylation is 1. The fourth-order valence-corrected chi connectivity index (χ4v) is 0.811. The van der Waals surface area contributed by atoms with Gasteiger partial charge in [-0.3, -0.25) is 4.79 Å². The highest BCUT2D eigenvalue weighted by atomic mass is 16.1. The van der Waals surface area contributed by atoms with Gasteiger partial charge in [-0.05, 0) is 26.0 Å². The van der Waals surface area contributed by atoms with Gasteiger partial charge in [0.1, 0.15) is 5.69 Å². The number of allylic oxidation sites excluding steroid dienone is 1. The molecule has 0 atom stereocenters. The van der Waals surface area contributed by atoms with Crippen LogP contribution in [0.5, 0.6) is 0 Å². The highest BCUT2D eigenvalue weighted by molar-refractivity contribution is 5.94. The Labute approximate surface area is 76.0 Å². The van der Waals surface area contributed by atoms with Crippen molar-refractivity contribution in [1.29, 1.82) is 0 Å². The Morgan fingerprint density at radius 1 is 1.77 bits per heavy atom. The molecule has 0 aliphatic heterocycles. The smallest absolute Gasteiger partial charge is 0.266 e. The Balaban J connectivity index is 3.22. The number of hydrogen-bond donors (Lipinski definition) is 1. The van der Waals surface area contributed by atoms with Gasteiger partial charge >= 0.3 is 0 Å². The monoisotopic (exact) mass is 177 g/mol. The first-order valence-electron chi connectivity index (χ1n) is 3.87. The summed E-state index contributed by atoms with van der Waals surface area (Å²) in [5.41, 5.74) is 1.52. The topological polar surface area (TPSA) is 58.1 Å². The molecule has 0 radical (unpaired) electrons. The SMILES string of the molecule is C=CC(C)=Nc1cc(C)n[nH]c1=O. The Morgan fingerprint density at radius 2 is 2.46 bits per heavy atom. The molecule has 1 rings (SSSR count). The number of rotatable bonds is 2. The van der Waals surface area contributed by atoms with Crippen molar-refractivity contribution < 1.29 is 0 Å². The maximum Gasteiger partial charge on any atom is 0.290 e. The lowest BCUT2D eigenvalue weighted by Gasteiger charge is -1.94. The second-order valence-electron chi connectivity index (χ2n) is 2.68. The van der Waals surface area contributed by atoms with Crippen molar-refractivity contribution in [2.24, 2.45) is 4.99 Å². The van der Waals surface area contributed by atoms with E-state index in [1.165, 1.54) is 0 Å². The Kier molecular flexibility index (Phi) is 2.74. The van der Waals surface area contributed by atoms with Crippen molar-refractivity contribution in [1.82, 2.24) is 10.2 Å². The van der Waals surface area contributed by atoms with Crippen LogP contribution in [0.25, 0.3) is 0 Å². The number of aromatic amines is 1. The normalized spacial score (nSPS) is 11.4. The van der Waals surface area contributed by atoms with E-state index in [1.54, 1.807) is 26.0 Å². The summed E-state index contributed by atoms with van der Waals surface area (Å²) in [6.45, 7) is 7.12. The van der Waals surface area contributed by atoms with Crippen LogP contribution in [-0.2, 0) is 0 Å². The summed E-state index contributed by atoms with van der Waals surface area (Å²) in [7, 11) is 0. The molecule has 0 bridgehead atoms. The van der Waals surface area contributed by atoms with Gasteiger partial charge in [0.25, 0.3) is 5.56 Å². The summed E-state index contributed by atoms with van der Waals surface area (Å²) in [5.74, 6) is 0. The lowest BCUT2D eigenvalue weighted by molar-refractivity contribution is 0.945. The lowest BCUT2D eigenvalue weighted by atomic mass is 10.3. The van der Waals surface area contributed by atoms with Crippen LogP contribution in [0, 0.1) is 6.92 Å². The quantitative estimate of drug-likeness (QED) is 0.693. The Hall–Kier alpha value is -1.71. The van der Waals surface area contributed by atoms with Crippen LogP contribution in [-0.4, -0.2) is 15.9 Å². The Bertz CT molecular complexity index is 404. The minimum Gasteiger partial charge on any atom is -0.266 e. The zero-order valence-electron chi connectivity index (χ0n) is 7.66. The van der Waals surface area contributed by atoms with Crippen LogP contribution in [0.3, 0.4) is 0 Å².